The molecule has 0 fully saturated rings. The Balaban J connectivity index is 0.000000461. The number of unbranched alkanes of at least 4 members (excludes halogenated alkanes) is 10. The molecule has 2 aromatic rings. The van der Waals surface area contributed by atoms with Gasteiger partial charge in [-0.05, 0) is 43.2 Å². The van der Waals surface area contributed by atoms with Crippen molar-refractivity contribution in [3.63, 3.8) is 0 Å². The highest BCUT2D eigenvalue weighted by Crippen LogP contribution is 2.20. The van der Waals surface area contributed by atoms with E-state index in [1.54, 1.807) is 12.4 Å². The van der Waals surface area contributed by atoms with E-state index in [9.17, 15) is 4.39 Å². The summed E-state index contributed by atoms with van der Waals surface area (Å²) in [5.74, 6) is 1.36. The molecule has 2 rings (SSSR count). The number of rotatable bonds is 16. The summed E-state index contributed by atoms with van der Waals surface area (Å²) in [7, 11) is 0. The molecular formula is C29H47FN2O. The summed E-state index contributed by atoms with van der Waals surface area (Å²) >= 11 is 0. The molecule has 1 atom stereocenters. The summed E-state index contributed by atoms with van der Waals surface area (Å²) in [5, 5.41) is 0. The lowest BCUT2D eigenvalue weighted by Gasteiger charge is -2.10. The van der Waals surface area contributed by atoms with Crippen LogP contribution in [0.5, 0.6) is 5.75 Å². The van der Waals surface area contributed by atoms with Gasteiger partial charge in [-0.25, -0.2) is 14.4 Å². The molecule has 0 saturated heterocycles. The Bertz CT molecular complexity index is 680. The van der Waals surface area contributed by atoms with Gasteiger partial charge in [0, 0.05) is 18.0 Å². The molecule has 186 valence electrons. The van der Waals surface area contributed by atoms with E-state index < -0.39 is 6.17 Å². The number of hydrogen-bond donors (Lipinski definition) is 0. The molecule has 0 amide bonds. The summed E-state index contributed by atoms with van der Waals surface area (Å²) in [5.41, 5.74) is 1.95. The molecule has 4 heteroatoms. The summed E-state index contributed by atoms with van der Waals surface area (Å²) in [6.07, 6.45) is 19.1. The quantitative estimate of drug-likeness (QED) is 0.235. The fourth-order valence-corrected chi connectivity index (χ4v) is 3.51. The number of hydrogen-bond acceptors (Lipinski definition) is 3. The first kappa shape index (κ1) is 29.1. The van der Waals surface area contributed by atoms with E-state index in [1.807, 2.05) is 31.2 Å². The van der Waals surface area contributed by atoms with E-state index in [-0.39, 0.29) is 6.61 Å². The second-order valence-corrected chi connectivity index (χ2v) is 8.99. The molecule has 0 aliphatic carbocycles. The highest BCUT2D eigenvalue weighted by molar-refractivity contribution is 5.55. The third-order valence-electron chi connectivity index (χ3n) is 5.65. The minimum atomic E-state index is -0.896. The largest absolute Gasteiger partial charge is 0.491 e. The van der Waals surface area contributed by atoms with E-state index in [0.717, 1.165) is 24.0 Å². The van der Waals surface area contributed by atoms with Crippen LogP contribution in [0.3, 0.4) is 0 Å². The van der Waals surface area contributed by atoms with Gasteiger partial charge in [-0.2, -0.15) is 0 Å². The first-order valence-corrected chi connectivity index (χ1v) is 13.3. The number of aromatic nitrogens is 2. The highest BCUT2D eigenvalue weighted by atomic mass is 19.1. The summed E-state index contributed by atoms with van der Waals surface area (Å²) < 4.78 is 19.3. The average Bonchev–Trinajstić information content (AvgIpc) is 2.84. The van der Waals surface area contributed by atoms with E-state index in [1.165, 1.54) is 64.2 Å². The first-order chi connectivity index (χ1) is 16.1. The van der Waals surface area contributed by atoms with E-state index in [4.69, 9.17) is 4.74 Å². The van der Waals surface area contributed by atoms with Gasteiger partial charge in [0.25, 0.3) is 0 Å². The van der Waals surface area contributed by atoms with Crippen molar-refractivity contribution in [1.29, 1.82) is 0 Å². The van der Waals surface area contributed by atoms with Crippen molar-refractivity contribution in [1.82, 2.24) is 9.97 Å². The van der Waals surface area contributed by atoms with Crippen molar-refractivity contribution in [2.24, 2.45) is 0 Å². The zero-order valence-corrected chi connectivity index (χ0v) is 21.6. The van der Waals surface area contributed by atoms with Gasteiger partial charge in [0.15, 0.2) is 5.82 Å². The molecule has 1 heterocycles. The minimum Gasteiger partial charge on any atom is -0.491 e. The number of aryl methyl sites for hydroxylation is 1. The lowest BCUT2D eigenvalue weighted by Crippen LogP contribution is -2.12. The van der Waals surface area contributed by atoms with Crippen molar-refractivity contribution in [2.45, 2.75) is 117 Å². The Morgan fingerprint density at radius 2 is 1.21 bits per heavy atom. The SMILES string of the molecule is CCCCCCC(F)COc1ccc(-c2ncc(C)cn2)cc1.CCCCCCCCCC. The molecule has 0 aliphatic rings. The zero-order chi connectivity index (χ0) is 24.2. The normalized spacial score (nSPS) is 11.5. The lowest BCUT2D eigenvalue weighted by atomic mass is 10.1. The second-order valence-electron chi connectivity index (χ2n) is 8.99. The van der Waals surface area contributed by atoms with E-state index in [0.29, 0.717) is 18.0 Å². The molecule has 1 aromatic carbocycles. The predicted molar refractivity (Wildman–Crippen MR) is 140 cm³/mol. The average molecular weight is 459 g/mol. The second kappa shape index (κ2) is 19.5. The van der Waals surface area contributed by atoms with Gasteiger partial charge < -0.3 is 4.74 Å². The Kier molecular flexibility index (Phi) is 17.2. The van der Waals surface area contributed by atoms with Gasteiger partial charge >= 0.3 is 0 Å². The topological polar surface area (TPSA) is 35.0 Å². The van der Waals surface area contributed by atoms with E-state index >= 15 is 0 Å². The fourth-order valence-electron chi connectivity index (χ4n) is 3.51. The standard InChI is InChI=1S/C19H25FN2O.C10H22/c1-3-4-5-6-7-17(20)14-23-18-10-8-16(9-11-18)19-21-12-15(2)13-22-19;1-3-5-7-9-10-8-6-4-2/h8-13,17H,3-7,14H2,1-2H3;3-10H2,1-2H3. The maximum absolute atomic E-state index is 13.8. The highest BCUT2D eigenvalue weighted by Gasteiger charge is 2.08. The van der Waals surface area contributed by atoms with Crippen LogP contribution < -0.4 is 4.74 Å². The van der Waals surface area contributed by atoms with Gasteiger partial charge in [-0.15, -0.1) is 0 Å². The molecule has 3 nitrogen and oxygen atoms in total. The van der Waals surface area contributed by atoms with Crippen LogP contribution in [0.15, 0.2) is 36.7 Å². The smallest absolute Gasteiger partial charge is 0.159 e. The van der Waals surface area contributed by atoms with Gasteiger partial charge in [-0.1, -0.05) is 97.8 Å². The third kappa shape index (κ3) is 14.7. The molecule has 1 aromatic heterocycles. The summed E-state index contributed by atoms with van der Waals surface area (Å²) in [6, 6.07) is 7.47. The molecule has 0 aliphatic heterocycles. The molecule has 33 heavy (non-hydrogen) atoms. The molecule has 0 saturated carbocycles. The van der Waals surface area contributed by atoms with Crippen molar-refractivity contribution in [2.75, 3.05) is 6.61 Å². The van der Waals surface area contributed by atoms with Crippen LogP contribution >= 0.6 is 0 Å². The van der Waals surface area contributed by atoms with Crippen LogP contribution in [-0.2, 0) is 0 Å². The predicted octanol–water partition coefficient (Wildman–Crippen LogP) is 9.29. The Morgan fingerprint density at radius 3 is 1.73 bits per heavy atom. The Hall–Kier alpha value is -1.97. The van der Waals surface area contributed by atoms with Gasteiger partial charge in [0.2, 0.25) is 0 Å². The van der Waals surface area contributed by atoms with Crippen molar-refractivity contribution in [3.05, 3.63) is 42.2 Å². The van der Waals surface area contributed by atoms with Crippen LogP contribution in [0.2, 0.25) is 0 Å². The number of ether oxygens (including phenoxy) is 1. The number of nitrogens with zero attached hydrogens (tertiary/aromatic N) is 2. The lowest BCUT2D eigenvalue weighted by molar-refractivity contribution is 0.184. The molecular weight excluding hydrogens is 411 g/mol. The number of benzene rings is 1. The van der Waals surface area contributed by atoms with Crippen molar-refractivity contribution >= 4 is 0 Å². The maximum Gasteiger partial charge on any atom is 0.159 e. The third-order valence-corrected chi connectivity index (χ3v) is 5.65. The van der Waals surface area contributed by atoms with Crippen LogP contribution in [0, 0.1) is 6.92 Å². The van der Waals surface area contributed by atoms with Crippen molar-refractivity contribution < 1.29 is 9.13 Å². The van der Waals surface area contributed by atoms with E-state index in [2.05, 4.69) is 30.7 Å². The summed E-state index contributed by atoms with van der Waals surface area (Å²) in [4.78, 5) is 8.58. The Morgan fingerprint density at radius 1 is 0.727 bits per heavy atom. The molecule has 0 bridgehead atoms. The zero-order valence-electron chi connectivity index (χ0n) is 21.6. The van der Waals surface area contributed by atoms with Gasteiger partial charge in [0.1, 0.15) is 18.5 Å². The first-order valence-electron chi connectivity index (χ1n) is 13.3. The fraction of sp³-hybridized carbons (Fsp3) is 0.655. The summed E-state index contributed by atoms with van der Waals surface area (Å²) in [6.45, 7) is 8.77. The molecule has 1 unspecified atom stereocenters. The molecule has 0 radical (unpaired) electrons. The van der Waals surface area contributed by atoms with Gasteiger partial charge in [0.05, 0.1) is 0 Å². The van der Waals surface area contributed by atoms with Crippen LogP contribution in [0.4, 0.5) is 4.39 Å². The van der Waals surface area contributed by atoms with Crippen molar-refractivity contribution in [3.8, 4) is 17.1 Å². The van der Waals surface area contributed by atoms with Crippen LogP contribution in [0.1, 0.15) is 110 Å². The number of alkyl halides is 1. The Labute approximate surface area is 202 Å². The molecule has 0 N–H and O–H groups in total. The van der Waals surface area contributed by atoms with Crippen LogP contribution in [0.25, 0.3) is 11.4 Å². The number of halogens is 1. The van der Waals surface area contributed by atoms with Crippen LogP contribution in [-0.4, -0.2) is 22.7 Å². The monoisotopic (exact) mass is 458 g/mol. The maximum atomic E-state index is 13.8. The van der Waals surface area contributed by atoms with Gasteiger partial charge in [-0.3, -0.25) is 0 Å². The minimum absolute atomic E-state index is 0.118. The molecule has 0 spiro atoms.